The number of hydrogen-bond donors (Lipinski definition) is 2. The van der Waals surface area contributed by atoms with Gasteiger partial charge in [0.25, 0.3) is 0 Å². The Morgan fingerprint density at radius 2 is 1.32 bits per heavy atom. The molecule has 0 bridgehead atoms. The van der Waals surface area contributed by atoms with E-state index < -0.39 is 0 Å². The molecule has 0 aliphatic heterocycles. The number of hydrogen-bond acceptors (Lipinski definition) is 3. The molecule has 4 rings (SSSR count). The van der Waals surface area contributed by atoms with Crippen LogP contribution in [0.1, 0.15) is 18.1 Å². The van der Waals surface area contributed by atoms with Crippen LogP contribution in [0, 0.1) is 13.8 Å². The monoisotopic (exact) mass is 531 g/mol. The lowest BCUT2D eigenvalue weighted by Gasteiger charge is -2.14. The molecule has 2 N–H and O–H groups in total. The fourth-order valence-electron chi connectivity index (χ4n) is 3.91. The van der Waals surface area contributed by atoms with Crippen LogP contribution in [0.25, 0.3) is 22.1 Å². The molecule has 7 nitrogen and oxygen atoms in total. The molecule has 164 valence electrons. The molecule has 0 spiro atoms. The van der Waals surface area contributed by atoms with Gasteiger partial charge in [0.1, 0.15) is 11.6 Å². The zero-order valence-electron chi connectivity index (χ0n) is 18.3. The molecule has 8 heteroatoms. The van der Waals surface area contributed by atoms with Crippen LogP contribution in [0.15, 0.2) is 53.5 Å². The standard InChI is InChI=1S/C23H29N7.HI/c1-17-27-19-9-4-6-11-21(19)29(17)15-8-13-25-23(24-3)26-14-16-30-18(2)28-20-10-5-7-12-22(20)30;/h4-7,9-12H,8,13-16H2,1-3H3,(H2,24,25,26);1H. The fraction of sp³-hybridized carbons (Fsp3) is 0.348. The van der Waals surface area contributed by atoms with Crippen molar-refractivity contribution in [3.05, 3.63) is 60.2 Å². The third-order valence-corrected chi connectivity index (χ3v) is 5.39. The van der Waals surface area contributed by atoms with Gasteiger partial charge in [-0.3, -0.25) is 4.99 Å². The zero-order chi connectivity index (χ0) is 20.9. The second kappa shape index (κ2) is 10.6. The summed E-state index contributed by atoms with van der Waals surface area (Å²) in [6.07, 6.45) is 0.993. The Morgan fingerprint density at radius 3 is 1.90 bits per heavy atom. The van der Waals surface area contributed by atoms with Crippen LogP contribution in [0.4, 0.5) is 0 Å². The van der Waals surface area contributed by atoms with Crippen molar-refractivity contribution in [3.8, 4) is 0 Å². The maximum Gasteiger partial charge on any atom is 0.191 e. The molecule has 0 unspecified atom stereocenters. The van der Waals surface area contributed by atoms with E-state index in [0.29, 0.717) is 0 Å². The minimum atomic E-state index is 0. The predicted octanol–water partition coefficient (Wildman–Crippen LogP) is 3.88. The summed E-state index contributed by atoms with van der Waals surface area (Å²) >= 11 is 0. The molecular weight excluding hydrogens is 501 g/mol. The number of halogens is 1. The lowest BCUT2D eigenvalue weighted by molar-refractivity contribution is 0.617. The summed E-state index contributed by atoms with van der Waals surface area (Å²) in [7, 11) is 1.81. The summed E-state index contributed by atoms with van der Waals surface area (Å²) in [6.45, 7) is 7.51. The number of para-hydroxylation sites is 4. The Morgan fingerprint density at radius 1 is 0.806 bits per heavy atom. The van der Waals surface area contributed by atoms with E-state index in [-0.39, 0.29) is 24.0 Å². The maximum absolute atomic E-state index is 4.64. The number of rotatable bonds is 7. The molecular formula is C23H30IN7. The van der Waals surface area contributed by atoms with Gasteiger partial charge in [-0.2, -0.15) is 0 Å². The van der Waals surface area contributed by atoms with Gasteiger partial charge in [-0.25, -0.2) is 9.97 Å². The van der Waals surface area contributed by atoms with Gasteiger partial charge in [0.2, 0.25) is 0 Å². The third kappa shape index (κ3) is 5.17. The van der Waals surface area contributed by atoms with Crippen molar-refractivity contribution in [1.29, 1.82) is 0 Å². The summed E-state index contributed by atoms with van der Waals surface area (Å²) in [5.74, 6) is 2.91. The molecule has 0 radical (unpaired) electrons. The predicted molar refractivity (Wildman–Crippen MR) is 138 cm³/mol. The van der Waals surface area contributed by atoms with Crippen molar-refractivity contribution in [2.45, 2.75) is 33.4 Å². The van der Waals surface area contributed by atoms with Crippen LogP contribution < -0.4 is 10.6 Å². The Bertz CT molecular complexity index is 1180. The minimum absolute atomic E-state index is 0. The van der Waals surface area contributed by atoms with Crippen LogP contribution >= 0.6 is 24.0 Å². The molecule has 0 fully saturated rings. The number of fused-ring (bicyclic) bond motifs is 2. The number of guanidine groups is 1. The number of aliphatic imine (C=N–C) groups is 1. The van der Waals surface area contributed by atoms with Crippen LogP contribution in [-0.2, 0) is 13.1 Å². The van der Waals surface area contributed by atoms with Crippen molar-refractivity contribution < 1.29 is 0 Å². The van der Waals surface area contributed by atoms with E-state index in [0.717, 1.165) is 61.2 Å². The summed E-state index contributed by atoms with van der Waals surface area (Å²) in [5.41, 5.74) is 4.46. The molecule has 2 aromatic carbocycles. The second-order valence-electron chi connectivity index (χ2n) is 7.38. The van der Waals surface area contributed by atoms with Gasteiger partial charge in [0, 0.05) is 33.2 Å². The Labute approximate surface area is 200 Å². The topological polar surface area (TPSA) is 72.1 Å². The van der Waals surface area contributed by atoms with Crippen LogP contribution in [-0.4, -0.2) is 45.2 Å². The zero-order valence-corrected chi connectivity index (χ0v) is 20.6. The van der Waals surface area contributed by atoms with Gasteiger partial charge in [-0.15, -0.1) is 24.0 Å². The van der Waals surface area contributed by atoms with E-state index in [9.17, 15) is 0 Å². The van der Waals surface area contributed by atoms with Crippen LogP contribution in [0.2, 0.25) is 0 Å². The third-order valence-electron chi connectivity index (χ3n) is 5.39. The first-order chi connectivity index (χ1) is 14.7. The van der Waals surface area contributed by atoms with Crippen molar-refractivity contribution in [2.75, 3.05) is 20.1 Å². The highest BCUT2D eigenvalue weighted by molar-refractivity contribution is 14.0. The maximum atomic E-state index is 4.64. The molecule has 0 atom stereocenters. The van der Waals surface area contributed by atoms with Crippen LogP contribution in [0.3, 0.4) is 0 Å². The smallest absolute Gasteiger partial charge is 0.191 e. The Hall–Kier alpha value is -2.62. The molecule has 0 saturated heterocycles. The average molecular weight is 531 g/mol. The quantitative estimate of drug-likeness (QED) is 0.164. The number of nitrogens with one attached hydrogen (secondary N) is 2. The molecule has 4 aromatic rings. The van der Waals surface area contributed by atoms with E-state index in [2.05, 4.69) is 85.0 Å². The summed E-state index contributed by atoms with van der Waals surface area (Å²) < 4.78 is 4.52. The van der Waals surface area contributed by atoms with Crippen LogP contribution in [0.5, 0.6) is 0 Å². The summed E-state index contributed by atoms with van der Waals surface area (Å²) in [5, 5.41) is 6.82. The summed E-state index contributed by atoms with van der Waals surface area (Å²) in [6, 6.07) is 16.5. The molecule has 0 aliphatic rings. The lowest BCUT2D eigenvalue weighted by Crippen LogP contribution is -2.39. The second-order valence-corrected chi connectivity index (χ2v) is 7.38. The summed E-state index contributed by atoms with van der Waals surface area (Å²) in [4.78, 5) is 13.6. The highest BCUT2D eigenvalue weighted by Gasteiger charge is 2.08. The first-order valence-corrected chi connectivity index (χ1v) is 10.5. The van der Waals surface area contributed by atoms with E-state index in [1.54, 1.807) is 7.05 Å². The van der Waals surface area contributed by atoms with Gasteiger partial charge < -0.3 is 19.8 Å². The van der Waals surface area contributed by atoms with Gasteiger partial charge in [0.05, 0.1) is 22.1 Å². The number of aromatic nitrogens is 4. The normalized spacial score (nSPS) is 11.6. The van der Waals surface area contributed by atoms with E-state index in [1.807, 2.05) is 12.1 Å². The molecule has 0 saturated carbocycles. The SMILES string of the molecule is CN=C(NCCCn1c(C)nc2ccccc21)NCCn1c(C)nc2ccccc21.I. The first-order valence-electron chi connectivity index (χ1n) is 10.5. The number of imidazole rings is 2. The molecule has 31 heavy (non-hydrogen) atoms. The van der Waals surface area contributed by atoms with Crippen molar-refractivity contribution in [2.24, 2.45) is 4.99 Å². The lowest BCUT2D eigenvalue weighted by atomic mass is 10.3. The largest absolute Gasteiger partial charge is 0.356 e. The van der Waals surface area contributed by atoms with Gasteiger partial charge in [-0.05, 0) is 44.5 Å². The van der Waals surface area contributed by atoms with Crippen molar-refractivity contribution >= 4 is 52.0 Å². The van der Waals surface area contributed by atoms with Gasteiger partial charge in [0.15, 0.2) is 5.96 Å². The van der Waals surface area contributed by atoms with E-state index in [4.69, 9.17) is 0 Å². The number of benzene rings is 2. The minimum Gasteiger partial charge on any atom is -0.356 e. The van der Waals surface area contributed by atoms with Gasteiger partial charge in [-0.1, -0.05) is 24.3 Å². The molecule has 0 amide bonds. The van der Waals surface area contributed by atoms with E-state index >= 15 is 0 Å². The molecule has 2 heterocycles. The highest BCUT2D eigenvalue weighted by atomic mass is 127. The molecule has 2 aromatic heterocycles. The fourth-order valence-corrected chi connectivity index (χ4v) is 3.91. The van der Waals surface area contributed by atoms with E-state index in [1.165, 1.54) is 11.0 Å². The Balaban J connectivity index is 0.00000272. The Kier molecular flexibility index (Phi) is 7.89. The van der Waals surface area contributed by atoms with Crippen molar-refractivity contribution in [3.63, 3.8) is 0 Å². The van der Waals surface area contributed by atoms with Crippen molar-refractivity contribution in [1.82, 2.24) is 29.7 Å². The number of nitrogens with zero attached hydrogens (tertiary/aromatic N) is 5. The molecule has 0 aliphatic carbocycles. The van der Waals surface area contributed by atoms with Gasteiger partial charge >= 0.3 is 0 Å². The average Bonchev–Trinajstić information content (AvgIpc) is 3.25. The highest BCUT2D eigenvalue weighted by Crippen LogP contribution is 2.16. The number of aryl methyl sites for hydroxylation is 3. The first kappa shape index (κ1) is 23.1.